The van der Waals surface area contributed by atoms with Crippen LogP contribution in [0.1, 0.15) is 5.71 Å². The molecule has 0 amide bonds. The molecule has 0 bridgehead atoms. The van der Waals surface area contributed by atoms with E-state index < -0.39 is 0 Å². The van der Waals surface area contributed by atoms with Gasteiger partial charge < -0.3 is 5.71 Å². The number of rotatable bonds is 0. The minimum Gasteiger partial charge on any atom is -1.00 e. The summed E-state index contributed by atoms with van der Waals surface area (Å²) in [5.41, 5.74) is 0. The van der Waals surface area contributed by atoms with Crippen LogP contribution >= 0.6 is 23.4 Å². The van der Waals surface area contributed by atoms with Crippen LogP contribution in [0.5, 0.6) is 0 Å². The maximum absolute atomic E-state index is 0. The normalized spacial score (nSPS) is 0. The summed E-state index contributed by atoms with van der Waals surface area (Å²) in [6.07, 6.45) is 0. The predicted molar refractivity (Wildman–Crippen MR) is 48.8 cm³/mol. The second-order valence-corrected chi connectivity index (χ2v) is 0. The van der Waals surface area contributed by atoms with E-state index in [4.69, 9.17) is 0 Å². The van der Waals surface area contributed by atoms with Crippen molar-refractivity contribution in [3.63, 3.8) is 0 Å². The first-order chi connectivity index (χ1) is 0. The van der Waals surface area contributed by atoms with Crippen molar-refractivity contribution < 1.29 is 22.8 Å². The molecule has 40 valence electrons. The SMILES string of the molecule is P.S.[Ca+2].[Fe].[H-].[H-].[H-].[H-].[Mg+2].[SiH4]. The minimum atomic E-state index is 0. The van der Waals surface area contributed by atoms with Gasteiger partial charge in [-0.05, 0) is 11.0 Å². The fraction of sp³-hybridized carbons (Fsp3) is 0. The number of hydrogen-bond acceptors (Lipinski definition) is 0. The van der Waals surface area contributed by atoms with Crippen LogP contribution in [0, 0.1) is 0 Å². The summed E-state index contributed by atoms with van der Waals surface area (Å²) in [5, 5.41) is 0. The molecule has 0 nitrogen and oxygen atoms in total. The molecule has 6 heteroatoms. The smallest absolute Gasteiger partial charge is 1.00 e. The Morgan fingerprint density at radius 2 is 1.17 bits per heavy atom. The third kappa shape index (κ3) is 25.7. The van der Waals surface area contributed by atoms with Gasteiger partial charge in [0.15, 0.2) is 0 Å². The van der Waals surface area contributed by atoms with Crippen molar-refractivity contribution in [1.29, 1.82) is 0 Å². The fourth-order valence-corrected chi connectivity index (χ4v) is 0. The molecular weight excluding hydrogens is 211 g/mol. The van der Waals surface area contributed by atoms with E-state index in [9.17, 15) is 0 Å². The molecule has 0 fully saturated rings. The van der Waals surface area contributed by atoms with Crippen LogP contribution in [0.15, 0.2) is 0 Å². The molecule has 0 aromatic carbocycles. The van der Waals surface area contributed by atoms with Crippen LogP contribution in [-0.2, 0) is 17.1 Å². The summed E-state index contributed by atoms with van der Waals surface area (Å²) >= 11 is 0. The summed E-state index contributed by atoms with van der Waals surface area (Å²) < 4.78 is 0. The molecule has 0 heterocycles. The molecular formula is H13CaFeMgPSSi. The maximum Gasteiger partial charge on any atom is 2.00 e. The largest absolute Gasteiger partial charge is 2.00 e. The van der Waals surface area contributed by atoms with Crippen LogP contribution < -0.4 is 0 Å². The molecule has 0 aromatic heterocycles. The summed E-state index contributed by atoms with van der Waals surface area (Å²) in [4.78, 5) is 0. The van der Waals surface area contributed by atoms with Crippen molar-refractivity contribution >= 4 is 95.2 Å². The molecule has 0 aliphatic heterocycles. The Morgan fingerprint density at radius 3 is 1.17 bits per heavy atom. The number of hydrogen-bond donors (Lipinski definition) is 0. The quantitative estimate of drug-likeness (QED) is 0.344. The van der Waals surface area contributed by atoms with Gasteiger partial charge in [0.1, 0.15) is 0 Å². The van der Waals surface area contributed by atoms with Crippen LogP contribution in [-0.4, -0.2) is 71.8 Å². The summed E-state index contributed by atoms with van der Waals surface area (Å²) in [6.45, 7) is 0. The monoisotopic (exact) mass is 224 g/mol. The molecule has 0 aliphatic carbocycles. The second-order valence-electron chi connectivity index (χ2n) is 0. The Labute approximate surface area is 116 Å². The molecule has 0 saturated carbocycles. The Hall–Kier alpha value is 3.54. The van der Waals surface area contributed by atoms with Gasteiger partial charge in [0.25, 0.3) is 0 Å². The molecule has 0 saturated heterocycles. The van der Waals surface area contributed by atoms with Gasteiger partial charge in [-0.15, -0.1) is 0 Å². The summed E-state index contributed by atoms with van der Waals surface area (Å²) in [7, 11) is 0. The van der Waals surface area contributed by atoms with E-state index in [-0.39, 0.29) is 118 Å². The van der Waals surface area contributed by atoms with Crippen molar-refractivity contribution in [2.75, 3.05) is 0 Å². The first kappa shape index (κ1) is 55.5. The molecule has 0 radical (unpaired) electrons. The van der Waals surface area contributed by atoms with Gasteiger partial charge in [0, 0.05) is 17.1 Å². The second kappa shape index (κ2) is 38.7. The zero-order valence-electron chi connectivity index (χ0n) is 6.97. The first-order valence-corrected chi connectivity index (χ1v) is 0. The minimum absolute atomic E-state index is 0. The van der Waals surface area contributed by atoms with Crippen molar-refractivity contribution in [2.45, 2.75) is 0 Å². The van der Waals surface area contributed by atoms with Crippen LogP contribution in [0.2, 0.25) is 0 Å². The fourth-order valence-electron chi connectivity index (χ4n) is 0. The molecule has 0 rings (SSSR count). The van der Waals surface area contributed by atoms with E-state index in [2.05, 4.69) is 0 Å². The standard InChI is InChI=1S/Ca.Fe.Mg.H3P.H2S.H4Si.4H/h;;;1H3;1H2;1H4;;;;/q+2;;+2;;;;4*-1. The van der Waals surface area contributed by atoms with Gasteiger partial charge in [-0.25, -0.2) is 0 Å². The van der Waals surface area contributed by atoms with Crippen LogP contribution in [0.4, 0.5) is 0 Å². The van der Waals surface area contributed by atoms with Crippen molar-refractivity contribution in [3.8, 4) is 0 Å². The van der Waals surface area contributed by atoms with Gasteiger partial charge in [-0.1, -0.05) is 0 Å². The summed E-state index contributed by atoms with van der Waals surface area (Å²) in [6, 6.07) is 0. The Bertz CT molecular complexity index is 25.2. The topological polar surface area (TPSA) is 0 Å². The molecule has 0 aromatic rings. The van der Waals surface area contributed by atoms with Gasteiger partial charge in [0.2, 0.25) is 0 Å². The predicted octanol–water partition coefficient (Wildman–Crippen LogP) is -1.59. The van der Waals surface area contributed by atoms with Gasteiger partial charge in [-0.3, -0.25) is 0 Å². The Kier molecular flexibility index (Phi) is 358. The van der Waals surface area contributed by atoms with Crippen molar-refractivity contribution in [1.82, 2.24) is 0 Å². The molecule has 1 atom stereocenters. The molecule has 6 heavy (non-hydrogen) atoms. The van der Waals surface area contributed by atoms with E-state index in [1.165, 1.54) is 0 Å². The zero-order valence-corrected chi connectivity index (χ0v) is 10.1. The van der Waals surface area contributed by atoms with E-state index in [1.807, 2.05) is 0 Å². The van der Waals surface area contributed by atoms with Crippen molar-refractivity contribution in [3.05, 3.63) is 0 Å². The molecule has 0 N–H and O–H groups in total. The van der Waals surface area contributed by atoms with Crippen LogP contribution in [0.25, 0.3) is 0 Å². The van der Waals surface area contributed by atoms with E-state index in [0.717, 1.165) is 0 Å². The van der Waals surface area contributed by atoms with E-state index in [1.54, 1.807) is 0 Å². The third-order valence-electron chi connectivity index (χ3n) is 0. The Morgan fingerprint density at radius 1 is 1.17 bits per heavy atom. The zero-order chi connectivity index (χ0) is 0. The molecule has 1 unspecified atom stereocenters. The molecule has 0 spiro atoms. The van der Waals surface area contributed by atoms with Gasteiger partial charge in [0.05, 0.1) is 0 Å². The van der Waals surface area contributed by atoms with Crippen LogP contribution in [0.3, 0.4) is 0 Å². The third-order valence-corrected chi connectivity index (χ3v) is 0. The summed E-state index contributed by atoms with van der Waals surface area (Å²) in [5.74, 6) is 0. The molecule has 0 aliphatic rings. The van der Waals surface area contributed by atoms with Crippen molar-refractivity contribution in [2.24, 2.45) is 0 Å². The average Bonchev–Trinajstić information content (AvgIpc) is 0. The van der Waals surface area contributed by atoms with Gasteiger partial charge >= 0.3 is 60.8 Å². The Balaban J connectivity index is 0. The maximum atomic E-state index is 0. The first-order valence-electron chi connectivity index (χ1n) is 0. The van der Waals surface area contributed by atoms with Gasteiger partial charge in [-0.2, -0.15) is 23.4 Å². The van der Waals surface area contributed by atoms with E-state index in [0.29, 0.717) is 0 Å². The van der Waals surface area contributed by atoms with E-state index >= 15 is 0 Å². The average molecular weight is 224 g/mol.